The Labute approximate surface area is 135 Å². The van der Waals surface area contributed by atoms with Crippen molar-refractivity contribution >= 4 is 11.6 Å². The Balaban J connectivity index is 1.79. The molecule has 1 N–H and O–H groups in total. The molecule has 0 saturated carbocycles. The van der Waals surface area contributed by atoms with Crippen molar-refractivity contribution in [3.05, 3.63) is 47.9 Å². The smallest absolute Gasteiger partial charge is 0.406 e. The van der Waals surface area contributed by atoms with Gasteiger partial charge in [0.2, 0.25) is 0 Å². The highest BCUT2D eigenvalue weighted by atomic mass is 19.4. The van der Waals surface area contributed by atoms with Gasteiger partial charge in [-0.05, 0) is 31.5 Å². The Morgan fingerprint density at radius 3 is 2.58 bits per heavy atom. The lowest BCUT2D eigenvalue weighted by atomic mass is 10.1. The zero-order valence-electron chi connectivity index (χ0n) is 12.9. The maximum atomic E-state index is 12.2. The number of fused-ring (bicyclic) bond motifs is 1. The van der Waals surface area contributed by atoms with Gasteiger partial charge in [0, 0.05) is 17.8 Å². The number of aryl methyl sites for hydroxylation is 1. The molecule has 0 aliphatic heterocycles. The second-order valence-corrected chi connectivity index (χ2v) is 5.24. The third-order valence-corrected chi connectivity index (χ3v) is 3.36. The zero-order chi connectivity index (χ0) is 17.3. The SMILES string of the molecule is Cc1cc(NC(C)c2ccc(OC(F)(F)F)cc2)n2ncnc2n1. The van der Waals surface area contributed by atoms with Gasteiger partial charge in [0.1, 0.15) is 17.9 Å². The fraction of sp³-hybridized carbons (Fsp3) is 0.267. The number of halogens is 3. The summed E-state index contributed by atoms with van der Waals surface area (Å²) in [6.07, 6.45) is -3.29. The molecule has 0 spiro atoms. The lowest BCUT2D eigenvalue weighted by molar-refractivity contribution is -0.274. The lowest BCUT2D eigenvalue weighted by Gasteiger charge is -2.17. The van der Waals surface area contributed by atoms with E-state index in [0.29, 0.717) is 11.6 Å². The quantitative estimate of drug-likeness (QED) is 0.789. The molecule has 0 aliphatic rings. The second-order valence-electron chi connectivity index (χ2n) is 5.24. The topological polar surface area (TPSA) is 64.3 Å². The number of anilines is 1. The minimum absolute atomic E-state index is 0.167. The molecule has 0 bridgehead atoms. The van der Waals surface area contributed by atoms with Crippen molar-refractivity contribution in [3.8, 4) is 5.75 Å². The van der Waals surface area contributed by atoms with Gasteiger partial charge in [-0.3, -0.25) is 0 Å². The monoisotopic (exact) mass is 337 g/mol. The maximum absolute atomic E-state index is 12.2. The number of benzene rings is 1. The van der Waals surface area contributed by atoms with Crippen LogP contribution in [0.5, 0.6) is 5.75 Å². The molecule has 0 aliphatic carbocycles. The molecule has 0 saturated heterocycles. The van der Waals surface area contributed by atoms with Crippen LogP contribution in [0, 0.1) is 6.92 Å². The molecule has 0 radical (unpaired) electrons. The van der Waals surface area contributed by atoms with Gasteiger partial charge in [0.25, 0.3) is 5.78 Å². The van der Waals surface area contributed by atoms with Crippen LogP contribution in [0.4, 0.5) is 19.0 Å². The third-order valence-electron chi connectivity index (χ3n) is 3.36. The first-order valence-corrected chi connectivity index (χ1v) is 7.11. The van der Waals surface area contributed by atoms with Gasteiger partial charge in [-0.2, -0.15) is 14.6 Å². The average molecular weight is 337 g/mol. The Kier molecular flexibility index (Phi) is 4.00. The first-order chi connectivity index (χ1) is 11.3. The molecule has 6 nitrogen and oxygen atoms in total. The van der Waals surface area contributed by atoms with Gasteiger partial charge in [-0.1, -0.05) is 12.1 Å². The molecular weight excluding hydrogens is 323 g/mol. The van der Waals surface area contributed by atoms with Crippen LogP contribution in [0.15, 0.2) is 36.7 Å². The van der Waals surface area contributed by atoms with Crippen LogP contribution in [0.3, 0.4) is 0 Å². The number of hydrogen-bond acceptors (Lipinski definition) is 5. The zero-order valence-corrected chi connectivity index (χ0v) is 12.9. The molecule has 3 rings (SSSR count). The molecule has 9 heteroatoms. The van der Waals surface area contributed by atoms with Gasteiger partial charge >= 0.3 is 6.36 Å². The van der Waals surface area contributed by atoms with Crippen LogP contribution in [-0.2, 0) is 0 Å². The summed E-state index contributed by atoms with van der Waals surface area (Å²) in [5.74, 6) is 0.911. The number of ether oxygens (including phenoxy) is 1. The first-order valence-electron chi connectivity index (χ1n) is 7.11. The summed E-state index contributed by atoms with van der Waals surface area (Å²) >= 11 is 0. The first kappa shape index (κ1) is 16.0. The molecule has 0 amide bonds. The van der Waals surface area contributed by atoms with E-state index < -0.39 is 6.36 Å². The minimum atomic E-state index is -4.70. The van der Waals surface area contributed by atoms with Crippen LogP contribution in [-0.4, -0.2) is 25.9 Å². The van der Waals surface area contributed by atoms with Gasteiger partial charge < -0.3 is 10.1 Å². The van der Waals surface area contributed by atoms with E-state index in [1.54, 1.807) is 16.6 Å². The molecule has 2 aromatic heterocycles. The number of aromatic nitrogens is 4. The number of rotatable bonds is 4. The van der Waals surface area contributed by atoms with Gasteiger partial charge in [-0.15, -0.1) is 13.2 Å². The highest BCUT2D eigenvalue weighted by molar-refractivity contribution is 5.46. The highest BCUT2D eigenvalue weighted by Gasteiger charge is 2.31. The van der Waals surface area contributed by atoms with Crippen LogP contribution in [0.2, 0.25) is 0 Å². The van der Waals surface area contributed by atoms with E-state index >= 15 is 0 Å². The molecule has 0 fully saturated rings. The van der Waals surface area contributed by atoms with Crippen LogP contribution in [0.25, 0.3) is 5.78 Å². The van der Waals surface area contributed by atoms with Crippen LogP contribution in [0.1, 0.15) is 24.2 Å². The predicted octanol–water partition coefficient (Wildman–Crippen LogP) is 3.50. The number of alkyl halides is 3. The number of nitrogens with one attached hydrogen (secondary N) is 1. The van der Waals surface area contributed by atoms with Crippen molar-refractivity contribution in [2.24, 2.45) is 0 Å². The maximum Gasteiger partial charge on any atom is 0.573 e. The Hall–Kier alpha value is -2.84. The largest absolute Gasteiger partial charge is 0.573 e. The fourth-order valence-electron chi connectivity index (χ4n) is 2.30. The van der Waals surface area contributed by atoms with E-state index in [2.05, 4.69) is 25.1 Å². The summed E-state index contributed by atoms with van der Waals surface area (Å²) in [5, 5.41) is 7.35. The average Bonchev–Trinajstić information content (AvgIpc) is 2.94. The summed E-state index contributed by atoms with van der Waals surface area (Å²) in [6, 6.07) is 7.36. The van der Waals surface area contributed by atoms with Gasteiger partial charge in [0.05, 0.1) is 0 Å². The van der Waals surface area contributed by atoms with E-state index in [-0.39, 0.29) is 11.8 Å². The molecule has 1 aromatic carbocycles. The number of nitrogens with zero attached hydrogens (tertiary/aromatic N) is 4. The van der Waals surface area contributed by atoms with Crippen molar-refractivity contribution < 1.29 is 17.9 Å². The summed E-state index contributed by atoms with van der Waals surface area (Å²) < 4.78 is 42.0. The predicted molar refractivity (Wildman–Crippen MR) is 80.7 cm³/mol. The van der Waals surface area contributed by atoms with Crippen LogP contribution < -0.4 is 10.1 Å². The molecular formula is C15H14F3N5O. The molecule has 24 heavy (non-hydrogen) atoms. The Morgan fingerprint density at radius 2 is 1.92 bits per heavy atom. The van der Waals surface area contributed by atoms with E-state index in [1.165, 1.54) is 18.5 Å². The third kappa shape index (κ3) is 3.55. The Morgan fingerprint density at radius 1 is 1.21 bits per heavy atom. The van der Waals surface area contributed by atoms with Gasteiger partial charge in [-0.25, -0.2) is 4.98 Å². The second kappa shape index (κ2) is 5.99. The summed E-state index contributed by atoms with van der Waals surface area (Å²) in [6.45, 7) is 3.73. The van der Waals surface area contributed by atoms with Crippen molar-refractivity contribution in [1.29, 1.82) is 0 Å². The standard InChI is InChI=1S/C15H14F3N5O/c1-9-7-13(23-14(21-9)19-8-20-23)22-10(2)11-3-5-12(6-4-11)24-15(16,17)18/h3-8,10,22H,1-2H3. The molecule has 1 unspecified atom stereocenters. The summed E-state index contributed by atoms with van der Waals surface area (Å²) in [4.78, 5) is 8.29. The molecule has 1 atom stereocenters. The normalized spacial score (nSPS) is 13.0. The summed E-state index contributed by atoms with van der Waals surface area (Å²) in [7, 11) is 0. The van der Waals surface area contributed by atoms with E-state index in [4.69, 9.17) is 0 Å². The van der Waals surface area contributed by atoms with Crippen molar-refractivity contribution in [1.82, 2.24) is 19.6 Å². The highest BCUT2D eigenvalue weighted by Crippen LogP contribution is 2.25. The van der Waals surface area contributed by atoms with Gasteiger partial charge in [0.15, 0.2) is 0 Å². The van der Waals surface area contributed by atoms with Crippen LogP contribution >= 0.6 is 0 Å². The lowest BCUT2D eigenvalue weighted by Crippen LogP contribution is -2.17. The summed E-state index contributed by atoms with van der Waals surface area (Å²) in [5.41, 5.74) is 1.58. The fourth-order valence-corrected chi connectivity index (χ4v) is 2.30. The molecule has 3 aromatic rings. The molecule has 126 valence electrons. The van der Waals surface area contributed by atoms with Crippen molar-refractivity contribution in [2.75, 3.05) is 5.32 Å². The van der Waals surface area contributed by atoms with E-state index in [0.717, 1.165) is 11.3 Å². The number of hydrogen-bond donors (Lipinski definition) is 1. The van der Waals surface area contributed by atoms with E-state index in [1.807, 2.05) is 19.9 Å². The molecule has 2 heterocycles. The van der Waals surface area contributed by atoms with Crippen molar-refractivity contribution in [2.45, 2.75) is 26.3 Å². The van der Waals surface area contributed by atoms with E-state index in [9.17, 15) is 13.2 Å². The minimum Gasteiger partial charge on any atom is -0.406 e. The van der Waals surface area contributed by atoms with Crippen molar-refractivity contribution in [3.63, 3.8) is 0 Å². The Bertz CT molecular complexity index is 844.